The summed E-state index contributed by atoms with van der Waals surface area (Å²) in [7, 11) is 1.59. The molecule has 0 aliphatic carbocycles. The first-order chi connectivity index (χ1) is 9.95. The van der Waals surface area contributed by atoms with E-state index in [-0.39, 0.29) is 5.91 Å². The maximum Gasteiger partial charge on any atom is 0.257 e. The third kappa shape index (κ3) is 2.94. The van der Waals surface area contributed by atoms with Crippen LogP contribution in [0.1, 0.15) is 41.6 Å². The fraction of sp³-hybridized carbons (Fsp3) is 0.353. The average molecular weight is 286 g/mol. The highest BCUT2D eigenvalue weighted by atomic mass is 16.5. The molecule has 4 nitrogen and oxygen atoms in total. The zero-order chi connectivity index (χ0) is 15.6. The molecule has 4 heteroatoms. The van der Waals surface area contributed by atoms with Gasteiger partial charge in [0.15, 0.2) is 0 Å². The SMILES string of the molecule is COc1ccccc1NC(=O)c1cc(C)n(C(C)C)c1C. The van der Waals surface area contributed by atoms with Crippen LogP contribution in [0.25, 0.3) is 0 Å². The van der Waals surface area contributed by atoms with Gasteiger partial charge in [0.1, 0.15) is 5.75 Å². The molecule has 0 radical (unpaired) electrons. The summed E-state index contributed by atoms with van der Waals surface area (Å²) in [5.74, 6) is 0.544. The minimum Gasteiger partial charge on any atom is -0.495 e. The molecule has 2 rings (SSSR count). The van der Waals surface area contributed by atoms with Crippen LogP contribution in [-0.2, 0) is 0 Å². The predicted molar refractivity (Wildman–Crippen MR) is 85.2 cm³/mol. The molecule has 0 spiro atoms. The molecule has 0 saturated heterocycles. The minimum atomic E-state index is -0.112. The number of hydrogen-bond donors (Lipinski definition) is 1. The van der Waals surface area contributed by atoms with Crippen molar-refractivity contribution < 1.29 is 9.53 Å². The topological polar surface area (TPSA) is 43.3 Å². The number of ether oxygens (including phenoxy) is 1. The zero-order valence-electron chi connectivity index (χ0n) is 13.2. The number of nitrogens with one attached hydrogen (secondary N) is 1. The average Bonchev–Trinajstić information content (AvgIpc) is 2.74. The van der Waals surface area contributed by atoms with E-state index in [0.717, 1.165) is 11.4 Å². The Morgan fingerprint density at radius 1 is 1.24 bits per heavy atom. The van der Waals surface area contributed by atoms with Gasteiger partial charge >= 0.3 is 0 Å². The summed E-state index contributed by atoms with van der Waals surface area (Å²) < 4.78 is 7.42. The number of hydrogen-bond acceptors (Lipinski definition) is 2. The van der Waals surface area contributed by atoms with Gasteiger partial charge in [-0.05, 0) is 45.9 Å². The Kier molecular flexibility index (Phi) is 4.36. The molecule has 0 aliphatic heterocycles. The Morgan fingerprint density at radius 3 is 2.48 bits per heavy atom. The fourth-order valence-electron chi connectivity index (χ4n) is 2.74. The quantitative estimate of drug-likeness (QED) is 0.925. The lowest BCUT2D eigenvalue weighted by Gasteiger charge is -2.14. The Hall–Kier alpha value is -2.23. The smallest absolute Gasteiger partial charge is 0.257 e. The molecule has 0 fully saturated rings. The van der Waals surface area contributed by atoms with Gasteiger partial charge in [0.05, 0.1) is 18.4 Å². The van der Waals surface area contributed by atoms with Gasteiger partial charge in [-0.15, -0.1) is 0 Å². The summed E-state index contributed by atoms with van der Waals surface area (Å²) in [6.45, 7) is 8.22. The van der Waals surface area contributed by atoms with Gasteiger partial charge in [0.2, 0.25) is 0 Å². The summed E-state index contributed by atoms with van der Waals surface area (Å²) in [5, 5.41) is 2.92. The molecule has 21 heavy (non-hydrogen) atoms. The van der Waals surface area contributed by atoms with E-state index in [0.29, 0.717) is 23.0 Å². The van der Waals surface area contributed by atoms with Crippen molar-refractivity contribution in [3.63, 3.8) is 0 Å². The Morgan fingerprint density at radius 2 is 1.90 bits per heavy atom. The molecule has 112 valence electrons. The Labute approximate surface area is 125 Å². The maximum atomic E-state index is 12.5. The molecule has 1 heterocycles. The molecule has 0 bridgehead atoms. The van der Waals surface area contributed by atoms with Gasteiger partial charge in [-0.1, -0.05) is 12.1 Å². The van der Waals surface area contributed by atoms with Crippen molar-refractivity contribution in [1.29, 1.82) is 0 Å². The first kappa shape index (κ1) is 15.2. The highest BCUT2D eigenvalue weighted by Gasteiger charge is 2.18. The van der Waals surface area contributed by atoms with Crippen LogP contribution >= 0.6 is 0 Å². The molecule has 1 aromatic heterocycles. The molecular formula is C17H22N2O2. The van der Waals surface area contributed by atoms with E-state index in [9.17, 15) is 4.79 Å². The van der Waals surface area contributed by atoms with Crippen molar-refractivity contribution in [3.05, 3.63) is 47.3 Å². The number of aryl methyl sites for hydroxylation is 1. The Balaban J connectivity index is 2.31. The van der Waals surface area contributed by atoms with Crippen LogP contribution in [0.2, 0.25) is 0 Å². The summed E-state index contributed by atoms with van der Waals surface area (Å²) in [5.41, 5.74) is 3.45. The lowest BCUT2D eigenvalue weighted by molar-refractivity contribution is 0.102. The summed E-state index contributed by atoms with van der Waals surface area (Å²) in [4.78, 5) is 12.5. The van der Waals surface area contributed by atoms with Crippen molar-refractivity contribution in [2.75, 3.05) is 12.4 Å². The predicted octanol–water partition coefficient (Wildman–Crippen LogP) is 3.95. The van der Waals surface area contributed by atoms with Crippen LogP contribution in [-0.4, -0.2) is 17.6 Å². The molecule has 0 aliphatic rings. The van der Waals surface area contributed by atoms with Crippen molar-refractivity contribution in [1.82, 2.24) is 4.57 Å². The van der Waals surface area contributed by atoms with Crippen LogP contribution in [0.15, 0.2) is 30.3 Å². The van der Waals surface area contributed by atoms with E-state index in [1.165, 1.54) is 0 Å². The number of carbonyl (C=O) groups excluding carboxylic acids is 1. The van der Waals surface area contributed by atoms with E-state index < -0.39 is 0 Å². The van der Waals surface area contributed by atoms with E-state index >= 15 is 0 Å². The van der Waals surface area contributed by atoms with Crippen LogP contribution in [0.5, 0.6) is 5.75 Å². The van der Waals surface area contributed by atoms with Crippen LogP contribution in [0.4, 0.5) is 5.69 Å². The van der Waals surface area contributed by atoms with Crippen molar-refractivity contribution in [2.24, 2.45) is 0 Å². The van der Waals surface area contributed by atoms with E-state index in [1.54, 1.807) is 7.11 Å². The number of amides is 1. The van der Waals surface area contributed by atoms with Gasteiger partial charge in [0, 0.05) is 17.4 Å². The second-order valence-corrected chi connectivity index (χ2v) is 5.40. The monoisotopic (exact) mass is 286 g/mol. The van der Waals surface area contributed by atoms with Gasteiger partial charge < -0.3 is 14.6 Å². The number of aromatic nitrogens is 1. The molecule has 0 atom stereocenters. The third-order valence-corrected chi connectivity index (χ3v) is 3.60. The van der Waals surface area contributed by atoms with Gasteiger partial charge in [-0.25, -0.2) is 0 Å². The largest absolute Gasteiger partial charge is 0.495 e. The third-order valence-electron chi connectivity index (χ3n) is 3.60. The molecule has 0 unspecified atom stereocenters. The number of para-hydroxylation sites is 2. The number of carbonyl (C=O) groups is 1. The number of nitrogens with zero attached hydrogens (tertiary/aromatic N) is 1. The van der Waals surface area contributed by atoms with E-state index in [1.807, 2.05) is 44.2 Å². The highest BCUT2D eigenvalue weighted by molar-refractivity contribution is 6.06. The fourth-order valence-corrected chi connectivity index (χ4v) is 2.74. The van der Waals surface area contributed by atoms with Gasteiger partial charge in [-0.3, -0.25) is 4.79 Å². The standard InChI is InChI=1S/C17H22N2O2/c1-11(2)19-12(3)10-14(13(19)4)17(20)18-15-8-6-7-9-16(15)21-5/h6-11H,1-5H3,(H,18,20). The molecule has 0 saturated carbocycles. The minimum absolute atomic E-state index is 0.112. The van der Waals surface area contributed by atoms with E-state index in [4.69, 9.17) is 4.74 Å². The lowest BCUT2D eigenvalue weighted by atomic mass is 10.2. The summed E-state index contributed by atoms with van der Waals surface area (Å²) in [6.07, 6.45) is 0. The lowest BCUT2D eigenvalue weighted by Crippen LogP contribution is -2.14. The van der Waals surface area contributed by atoms with Crippen LogP contribution in [0.3, 0.4) is 0 Å². The zero-order valence-corrected chi connectivity index (χ0v) is 13.2. The van der Waals surface area contributed by atoms with Gasteiger partial charge in [0.25, 0.3) is 5.91 Å². The number of anilines is 1. The molecule has 1 aromatic carbocycles. The Bertz CT molecular complexity index is 657. The second kappa shape index (κ2) is 6.04. The first-order valence-electron chi connectivity index (χ1n) is 7.08. The number of methoxy groups -OCH3 is 1. The summed E-state index contributed by atoms with van der Waals surface area (Å²) >= 11 is 0. The normalized spacial score (nSPS) is 10.8. The summed E-state index contributed by atoms with van der Waals surface area (Å²) in [6, 6.07) is 9.66. The second-order valence-electron chi connectivity index (χ2n) is 5.40. The first-order valence-corrected chi connectivity index (χ1v) is 7.08. The van der Waals surface area contributed by atoms with Crippen LogP contribution < -0.4 is 10.1 Å². The van der Waals surface area contributed by atoms with Crippen LogP contribution in [0, 0.1) is 13.8 Å². The molecule has 2 aromatic rings. The number of rotatable bonds is 4. The maximum absolute atomic E-state index is 12.5. The van der Waals surface area contributed by atoms with Crippen molar-refractivity contribution >= 4 is 11.6 Å². The van der Waals surface area contributed by atoms with Crippen molar-refractivity contribution in [3.8, 4) is 5.75 Å². The van der Waals surface area contributed by atoms with E-state index in [2.05, 4.69) is 23.7 Å². The molecule has 1 amide bonds. The van der Waals surface area contributed by atoms with Crippen molar-refractivity contribution in [2.45, 2.75) is 33.7 Å². The van der Waals surface area contributed by atoms with Gasteiger partial charge in [-0.2, -0.15) is 0 Å². The highest BCUT2D eigenvalue weighted by Crippen LogP contribution is 2.25. The molecule has 1 N–H and O–H groups in total. The number of benzene rings is 1. The molecular weight excluding hydrogens is 264 g/mol.